The monoisotopic (exact) mass is 312 g/mol. The molecular weight excluding hydrogens is 288 g/mol. The zero-order valence-electron chi connectivity index (χ0n) is 14.0. The second-order valence-corrected chi connectivity index (χ2v) is 5.55. The van der Waals surface area contributed by atoms with E-state index in [0.717, 1.165) is 17.9 Å². The Morgan fingerprint density at radius 1 is 1.09 bits per heavy atom. The number of carbonyl (C=O) groups excluding carboxylic acids is 1. The van der Waals surface area contributed by atoms with Crippen LogP contribution in [0, 0.1) is 6.92 Å². The SMILES string of the molecule is CCN(C)C(=O)Nc1ccc(OCCc2ccc(C)cc2)cc1. The summed E-state index contributed by atoms with van der Waals surface area (Å²) < 4.78 is 5.75. The van der Waals surface area contributed by atoms with Crippen LogP contribution < -0.4 is 10.1 Å². The summed E-state index contributed by atoms with van der Waals surface area (Å²) in [7, 11) is 1.76. The minimum absolute atomic E-state index is 0.111. The lowest BCUT2D eigenvalue weighted by Gasteiger charge is -2.15. The number of hydrogen-bond donors (Lipinski definition) is 1. The number of anilines is 1. The summed E-state index contributed by atoms with van der Waals surface area (Å²) in [5.74, 6) is 0.805. The molecule has 0 aromatic heterocycles. The lowest BCUT2D eigenvalue weighted by Crippen LogP contribution is -2.30. The van der Waals surface area contributed by atoms with Gasteiger partial charge in [-0.15, -0.1) is 0 Å². The van der Waals surface area contributed by atoms with E-state index in [9.17, 15) is 4.79 Å². The van der Waals surface area contributed by atoms with Gasteiger partial charge in [0.05, 0.1) is 6.61 Å². The Morgan fingerprint density at radius 3 is 2.35 bits per heavy atom. The Kier molecular flexibility index (Phi) is 6.03. The molecular formula is C19H24N2O2. The molecule has 2 rings (SSSR count). The van der Waals surface area contributed by atoms with Gasteiger partial charge in [0.15, 0.2) is 0 Å². The van der Waals surface area contributed by atoms with Gasteiger partial charge in [0, 0.05) is 25.7 Å². The van der Waals surface area contributed by atoms with Crippen LogP contribution in [0.2, 0.25) is 0 Å². The summed E-state index contributed by atoms with van der Waals surface area (Å²) in [5, 5.41) is 2.84. The fourth-order valence-electron chi connectivity index (χ4n) is 2.04. The van der Waals surface area contributed by atoms with Gasteiger partial charge >= 0.3 is 6.03 Å². The van der Waals surface area contributed by atoms with Crippen LogP contribution in [0.1, 0.15) is 18.1 Å². The third-order valence-electron chi connectivity index (χ3n) is 3.71. The zero-order valence-corrected chi connectivity index (χ0v) is 14.0. The van der Waals surface area contributed by atoms with E-state index in [4.69, 9.17) is 4.74 Å². The van der Waals surface area contributed by atoms with Crippen molar-refractivity contribution in [3.63, 3.8) is 0 Å². The normalized spacial score (nSPS) is 10.2. The number of nitrogens with one attached hydrogen (secondary N) is 1. The van der Waals surface area contributed by atoms with Crippen molar-refractivity contribution in [2.24, 2.45) is 0 Å². The van der Waals surface area contributed by atoms with Crippen molar-refractivity contribution in [1.82, 2.24) is 4.90 Å². The van der Waals surface area contributed by atoms with E-state index < -0.39 is 0 Å². The molecule has 0 unspecified atom stereocenters. The molecule has 0 aliphatic heterocycles. The average Bonchev–Trinajstić information content (AvgIpc) is 2.57. The van der Waals surface area contributed by atoms with Crippen molar-refractivity contribution in [2.45, 2.75) is 20.3 Å². The molecule has 4 nitrogen and oxygen atoms in total. The molecule has 0 saturated carbocycles. The Balaban J connectivity index is 1.80. The van der Waals surface area contributed by atoms with Crippen LogP contribution in [0.5, 0.6) is 5.75 Å². The highest BCUT2D eigenvalue weighted by Crippen LogP contribution is 2.16. The molecule has 4 heteroatoms. The third kappa shape index (κ3) is 5.33. The van der Waals surface area contributed by atoms with Crippen molar-refractivity contribution < 1.29 is 9.53 Å². The Morgan fingerprint density at radius 2 is 1.74 bits per heavy atom. The number of rotatable bonds is 6. The number of hydrogen-bond acceptors (Lipinski definition) is 2. The maximum absolute atomic E-state index is 11.8. The number of benzene rings is 2. The van der Waals surface area contributed by atoms with Crippen molar-refractivity contribution in [1.29, 1.82) is 0 Å². The van der Waals surface area contributed by atoms with Crippen molar-refractivity contribution >= 4 is 11.7 Å². The first-order valence-corrected chi connectivity index (χ1v) is 7.89. The van der Waals surface area contributed by atoms with Crippen LogP contribution in [-0.2, 0) is 6.42 Å². The number of amides is 2. The summed E-state index contributed by atoms with van der Waals surface area (Å²) in [5.41, 5.74) is 3.30. The van der Waals surface area contributed by atoms with Gasteiger partial charge < -0.3 is 15.0 Å². The predicted molar refractivity (Wildman–Crippen MR) is 94.1 cm³/mol. The smallest absolute Gasteiger partial charge is 0.321 e. The van der Waals surface area contributed by atoms with Crippen LogP contribution in [-0.4, -0.2) is 31.1 Å². The highest BCUT2D eigenvalue weighted by Gasteiger charge is 2.06. The van der Waals surface area contributed by atoms with E-state index in [1.54, 1.807) is 11.9 Å². The molecule has 0 bridgehead atoms. The Hall–Kier alpha value is -2.49. The van der Waals surface area contributed by atoms with Crippen LogP contribution in [0.4, 0.5) is 10.5 Å². The molecule has 0 saturated heterocycles. The molecule has 23 heavy (non-hydrogen) atoms. The van der Waals surface area contributed by atoms with E-state index >= 15 is 0 Å². The lowest BCUT2D eigenvalue weighted by atomic mass is 10.1. The molecule has 1 N–H and O–H groups in total. The van der Waals surface area contributed by atoms with Crippen molar-refractivity contribution in [2.75, 3.05) is 25.5 Å². The van der Waals surface area contributed by atoms with E-state index in [2.05, 4.69) is 36.5 Å². The Labute approximate surface area is 138 Å². The number of nitrogens with zero attached hydrogens (tertiary/aromatic N) is 1. The quantitative estimate of drug-likeness (QED) is 0.872. The number of aryl methyl sites for hydroxylation is 1. The van der Waals surface area contributed by atoms with Gasteiger partial charge in [0.2, 0.25) is 0 Å². The van der Waals surface area contributed by atoms with Crippen LogP contribution in [0.15, 0.2) is 48.5 Å². The maximum Gasteiger partial charge on any atom is 0.321 e. The van der Waals surface area contributed by atoms with Crippen molar-refractivity contribution in [3.8, 4) is 5.75 Å². The van der Waals surface area contributed by atoms with Gasteiger partial charge in [-0.25, -0.2) is 4.79 Å². The van der Waals surface area contributed by atoms with E-state index in [-0.39, 0.29) is 6.03 Å². The largest absolute Gasteiger partial charge is 0.493 e. The van der Waals surface area contributed by atoms with Gasteiger partial charge in [-0.2, -0.15) is 0 Å². The van der Waals surface area contributed by atoms with Crippen LogP contribution in [0.3, 0.4) is 0 Å². The molecule has 0 aliphatic carbocycles. The molecule has 2 aromatic carbocycles. The van der Waals surface area contributed by atoms with E-state index in [0.29, 0.717) is 13.2 Å². The molecule has 2 aromatic rings. The summed E-state index contributed by atoms with van der Waals surface area (Å²) in [6, 6.07) is 15.8. The molecule has 0 radical (unpaired) electrons. The zero-order chi connectivity index (χ0) is 16.7. The van der Waals surface area contributed by atoms with Gasteiger partial charge in [0.1, 0.15) is 5.75 Å². The second-order valence-electron chi connectivity index (χ2n) is 5.55. The van der Waals surface area contributed by atoms with Gasteiger partial charge in [0.25, 0.3) is 0 Å². The topological polar surface area (TPSA) is 41.6 Å². The number of ether oxygens (including phenoxy) is 1. The summed E-state index contributed by atoms with van der Waals surface area (Å²) in [6.07, 6.45) is 0.875. The second kappa shape index (κ2) is 8.22. The highest BCUT2D eigenvalue weighted by molar-refractivity contribution is 5.89. The fraction of sp³-hybridized carbons (Fsp3) is 0.316. The van der Waals surface area contributed by atoms with Gasteiger partial charge in [-0.3, -0.25) is 0 Å². The first-order valence-electron chi connectivity index (χ1n) is 7.89. The number of carbonyl (C=O) groups is 1. The van der Waals surface area contributed by atoms with Gasteiger partial charge in [-0.05, 0) is 43.7 Å². The molecule has 0 spiro atoms. The molecule has 122 valence electrons. The van der Waals surface area contributed by atoms with Crippen molar-refractivity contribution in [3.05, 3.63) is 59.7 Å². The first-order chi connectivity index (χ1) is 11.1. The van der Waals surface area contributed by atoms with E-state index in [1.165, 1.54) is 11.1 Å². The summed E-state index contributed by atoms with van der Waals surface area (Å²) in [4.78, 5) is 13.4. The average molecular weight is 312 g/mol. The fourth-order valence-corrected chi connectivity index (χ4v) is 2.04. The lowest BCUT2D eigenvalue weighted by molar-refractivity contribution is 0.224. The maximum atomic E-state index is 11.8. The first kappa shape index (κ1) is 16.9. The van der Waals surface area contributed by atoms with Gasteiger partial charge in [-0.1, -0.05) is 29.8 Å². The van der Waals surface area contributed by atoms with Crippen LogP contribution in [0.25, 0.3) is 0 Å². The Bertz CT molecular complexity index is 621. The minimum Gasteiger partial charge on any atom is -0.493 e. The molecule has 0 atom stereocenters. The highest BCUT2D eigenvalue weighted by atomic mass is 16.5. The molecule has 0 fully saturated rings. The predicted octanol–water partition coefficient (Wildman–Crippen LogP) is 4.10. The standard InChI is InChI=1S/C19H24N2O2/c1-4-21(3)19(22)20-17-9-11-18(12-10-17)23-14-13-16-7-5-15(2)6-8-16/h5-12H,4,13-14H2,1-3H3,(H,20,22). The number of urea groups is 1. The summed E-state index contributed by atoms with van der Waals surface area (Å²) in [6.45, 7) is 5.32. The van der Waals surface area contributed by atoms with Crippen LogP contribution >= 0.6 is 0 Å². The summed E-state index contributed by atoms with van der Waals surface area (Å²) >= 11 is 0. The van der Waals surface area contributed by atoms with E-state index in [1.807, 2.05) is 31.2 Å². The molecule has 0 aliphatic rings. The molecule has 0 heterocycles. The molecule has 2 amide bonds. The minimum atomic E-state index is -0.111. The third-order valence-corrected chi connectivity index (χ3v) is 3.71.